The van der Waals surface area contributed by atoms with Gasteiger partial charge in [0.05, 0.1) is 0 Å². The molecule has 17 heavy (non-hydrogen) atoms. The van der Waals surface area contributed by atoms with Crippen molar-refractivity contribution in [3.63, 3.8) is 0 Å². The summed E-state index contributed by atoms with van der Waals surface area (Å²) in [7, 11) is 2.14. The first-order valence-electron chi connectivity index (χ1n) is 6.91. The molecule has 2 heteroatoms. The maximum atomic E-state index is 3.63. The van der Waals surface area contributed by atoms with Gasteiger partial charge in [-0.1, -0.05) is 26.2 Å². The van der Waals surface area contributed by atoms with Crippen molar-refractivity contribution in [1.82, 2.24) is 9.88 Å². The number of rotatable bonds is 7. The maximum absolute atomic E-state index is 3.63. The Hall–Kier alpha value is -0.760. The molecule has 0 spiro atoms. The molecule has 0 saturated carbocycles. The van der Waals surface area contributed by atoms with Gasteiger partial charge in [-0.25, -0.2) is 0 Å². The Labute approximate surface area is 106 Å². The summed E-state index contributed by atoms with van der Waals surface area (Å²) in [6.07, 6.45) is 5.30. The van der Waals surface area contributed by atoms with Crippen LogP contribution in [0.4, 0.5) is 0 Å². The van der Waals surface area contributed by atoms with Crippen LogP contribution in [0.2, 0.25) is 0 Å². The Morgan fingerprint density at radius 1 is 1.29 bits per heavy atom. The fourth-order valence-corrected chi connectivity index (χ4v) is 2.20. The maximum Gasteiger partial charge on any atom is 0.0225 e. The predicted octanol–water partition coefficient (Wildman–Crippen LogP) is 3.70. The molecule has 0 bridgehead atoms. The van der Waals surface area contributed by atoms with Crippen LogP contribution in [0.3, 0.4) is 0 Å². The number of nitrogens with one attached hydrogen (secondary N) is 1. The summed E-state index contributed by atoms with van der Waals surface area (Å²) in [5.41, 5.74) is 4.17. The molecule has 1 atom stereocenters. The molecular weight excluding hydrogens is 208 g/mol. The van der Waals surface area contributed by atoms with Crippen LogP contribution in [0.15, 0.2) is 6.07 Å². The Kier molecular flexibility index (Phi) is 5.76. The quantitative estimate of drug-likeness (QED) is 0.714. The SMILES string of the molecule is CCCCCC(C)NCc1cc(C)n(C)c1C. The van der Waals surface area contributed by atoms with Crippen molar-refractivity contribution in [2.45, 2.75) is 66.0 Å². The second-order valence-electron chi connectivity index (χ2n) is 5.23. The highest BCUT2D eigenvalue weighted by Crippen LogP contribution is 2.13. The summed E-state index contributed by atoms with van der Waals surface area (Å²) < 4.78 is 2.26. The summed E-state index contributed by atoms with van der Waals surface area (Å²) in [4.78, 5) is 0. The second kappa shape index (κ2) is 6.85. The van der Waals surface area contributed by atoms with Crippen molar-refractivity contribution in [2.75, 3.05) is 0 Å². The van der Waals surface area contributed by atoms with Gasteiger partial charge in [-0.15, -0.1) is 0 Å². The molecule has 0 amide bonds. The van der Waals surface area contributed by atoms with E-state index in [2.05, 4.69) is 50.7 Å². The molecule has 0 fully saturated rings. The van der Waals surface area contributed by atoms with Gasteiger partial charge in [0.15, 0.2) is 0 Å². The van der Waals surface area contributed by atoms with Crippen LogP contribution in [0.5, 0.6) is 0 Å². The van der Waals surface area contributed by atoms with Crippen LogP contribution in [-0.4, -0.2) is 10.6 Å². The van der Waals surface area contributed by atoms with E-state index in [1.165, 1.54) is 42.6 Å². The molecule has 0 radical (unpaired) electrons. The first kappa shape index (κ1) is 14.3. The zero-order chi connectivity index (χ0) is 12.8. The molecule has 0 aliphatic heterocycles. The average molecular weight is 236 g/mol. The smallest absolute Gasteiger partial charge is 0.0225 e. The molecule has 1 unspecified atom stereocenters. The molecule has 0 saturated heterocycles. The lowest BCUT2D eigenvalue weighted by Gasteiger charge is -2.13. The van der Waals surface area contributed by atoms with E-state index < -0.39 is 0 Å². The number of unbranched alkanes of at least 4 members (excludes halogenated alkanes) is 2. The number of nitrogens with zero attached hydrogens (tertiary/aromatic N) is 1. The molecular formula is C15H28N2. The van der Waals surface area contributed by atoms with Gasteiger partial charge in [0.1, 0.15) is 0 Å². The first-order chi connectivity index (χ1) is 8.06. The zero-order valence-electron chi connectivity index (χ0n) is 12.1. The van der Waals surface area contributed by atoms with E-state index >= 15 is 0 Å². The van der Waals surface area contributed by atoms with Crippen molar-refractivity contribution in [2.24, 2.45) is 7.05 Å². The summed E-state index contributed by atoms with van der Waals surface area (Å²) in [6.45, 7) is 9.92. The minimum absolute atomic E-state index is 0.626. The number of aromatic nitrogens is 1. The van der Waals surface area contributed by atoms with Crippen molar-refractivity contribution < 1.29 is 0 Å². The van der Waals surface area contributed by atoms with E-state index in [1.807, 2.05) is 0 Å². The van der Waals surface area contributed by atoms with E-state index in [1.54, 1.807) is 0 Å². The second-order valence-corrected chi connectivity index (χ2v) is 5.23. The largest absolute Gasteiger partial charge is 0.352 e. The highest BCUT2D eigenvalue weighted by Gasteiger charge is 2.07. The number of hydrogen-bond acceptors (Lipinski definition) is 1. The molecule has 98 valence electrons. The lowest BCUT2D eigenvalue weighted by Crippen LogP contribution is -2.25. The number of hydrogen-bond donors (Lipinski definition) is 1. The van der Waals surface area contributed by atoms with Crippen LogP contribution >= 0.6 is 0 Å². The minimum Gasteiger partial charge on any atom is -0.352 e. The van der Waals surface area contributed by atoms with Crippen LogP contribution in [0.1, 0.15) is 56.5 Å². The van der Waals surface area contributed by atoms with Gasteiger partial charge in [-0.3, -0.25) is 0 Å². The third-order valence-corrected chi connectivity index (χ3v) is 3.76. The fraction of sp³-hybridized carbons (Fsp3) is 0.733. The lowest BCUT2D eigenvalue weighted by atomic mass is 10.1. The number of aryl methyl sites for hydroxylation is 1. The monoisotopic (exact) mass is 236 g/mol. The zero-order valence-corrected chi connectivity index (χ0v) is 12.1. The highest BCUT2D eigenvalue weighted by atomic mass is 15.0. The van der Waals surface area contributed by atoms with Gasteiger partial charge < -0.3 is 9.88 Å². The molecule has 1 heterocycles. The van der Waals surface area contributed by atoms with E-state index in [9.17, 15) is 0 Å². The summed E-state index contributed by atoms with van der Waals surface area (Å²) in [5, 5.41) is 3.63. The average Bonchev–Trinajstić information content (AvgIpc) is 2.54. The summed E-state index contributed by atoms with van der Waals surface area (Å²) in [6, 6.07) is 2.92. The van der Waals surface area contributed by atoms with E-state index in [4.69, 9.17) is 0 Å². The molecule has 1 N–H and O–H groups in total. The van der Waals surface area contributed by atoms with Crippen molar-refractivity contribution in [3.05, 3.63) is 23.0 Å². The van der Waals surface area contributed by atoms with Gasteiger partial charge in [-0.2, -0.15) is 0 Å². The van der Waals surface area contributed by atoms with Gasteiger partial charge in [-0.05, 0) is 38.8 Å². The van der Waals surface area contributed by atoms with Crippen LogP contribution in [-0.2, 0) is 13.6 Å². The molecule has 0 aliphatic carbocycles. The van der Waals surface area contributed by atoms with Gasteiger partial charge >= 0.3 is 0 Å². The Balaban J connectivity index is 2.37. The lowest BCUT2D eigenvalue weighted by molar-refractivity contribution is 0.486. The molecule has 2 nitrogen and oxygen atoms in total. The third-order valence-electron chi connectivity index (χ3n) is 3.76. The van der Waals surface area contributed by atoms with Crippen molar-refractivity contribution in [3.8, 4) is 0 Å². The summed E-state index contributed by atoms with van der Waals surface area (Å²) in [5.74, 6) is 0. The Bertz CT molecular complexity index is 339. The molecule has 1 rings (SSSR count). The van der Waals surface area contributed by atoms with E-state index in [0.29, 0.717) is 6.04 Å². The van der Waals surface area contributed by atoms with Crippen LogP contribution in [0, 0.1) is 13.8 Å². The first-order valence-corrected chi connectivity index (χ1v) is 6.91. The van der Waals surface area contributed by atoms with Crippen molar-refractivity contribution in [1.29, 1.82) is 0 Å². The fourth-order valence-electron chi connectivity index (χ4n) is 2.20. The normalized spacial score (nSPS) is 13.0. The van der Waals surface area contributed by atoms with Gasteiger partial charge in [0, 0.05) is 31.0 Å². The highest BCUT2D eigenvalue weighted by molar-refractivity contribution is 5.26. The van der Waals surface area contributed by atoms with Gasteiger partial charge in [0.2, 0.25) is 0 Å². The van der Waals surface area contributed by atoms with Crippen LogP contribution < -0.4 is 5.32 Å². The van der Waals surface area contributed by atoms with E-state index in [0.717, 1.165) is 6.54 Å². The van der Waals surface area contributed by atoms with Gasteiger partial charge in [0.25, 0.3) is 0 Å². The molecule has 1 aromatic heterocycles. The Morgan fingerprint density at radius 2 is 2.00 bits per heavy atom. The van der Waals surface area contributed by atoms with E-state index in [-0.39, 0.29) is 0 Å². The molecule has 0 aliphatic rings. The minimum atomic E-state index is 0.626. The van der Waals surface area contributed by atoms with Crippen molar-refractivity contribution >= 4 is 0 Å². The summed E-state index contributed by atoms with van der Waals surface area (Å²) >= 11 is 0. The predicted molar refractivity (Wildman–Crippen MR) is 75.3 cm³/mol. The topological polar surface area (TPSA) is 17.0 Å². The third kappa shape index (κ3) is 4.19. The molecule has 1 aromatic rings. The molecule has 0 aromatic carbocycles. The van der Waals surface area contributed by atoms with Crippen LogP contribution in [0.25, 0.3) is 0 Å². The standard InChI is InChI=1S/C15H28N2/c1-6-7-8-9-12(2)16-11-15-10-13(3)17(5)14(15)4/h10,12,16H,6-9,11H2,1-5H3. The Morgan fingerprint density at radius 3 is 2.53 bits per heavy atom.